The summed E-state index contributed by atoms with van der Waals surface area (Å²) in [7, 11) is -1.66. The summed E-state index contributed by atoms with van der Waals surface area (Å²) in [5, 5.41) is 8.66. The van der Waals surface area contributed by atoms with Crippen LogP contribution in [-0.2, 0) is 20.2 Å². The molecule has 1 aromatic heterocycles. The first-order chi connectivity index (χ1) is 17.5. The third-order valence-corrected chi connectivity index (χ3v) is 9.69. The van der Waals surface area contributed by atoms with Crippen LogP contribution < -0.4 is 10.7 Å². The van der Waals surface area contributed by atoms with Gasteiger partial charge < -0.3 is 10.7 Å². The monoisotopic (exact) mass is 540 g/mol. The number of hydrogen-bond donors (Lipinski definition) is 1. The summed E-state index contributed by atoms with van der Waals surface area (Å²) < 4.78 is 28.5. The highest BCUT2D eigenvalue weighted by Gasteiger charge is 2.38. The number of nitrogen functional groups attached to an aromatic ring is 1. The van der Waals surface area contributed by atoms with Gasteiger partial charge in [0, 0.05) is 48.6 Å². The second-order valence-corrected chi connectivity index (χ2v) is 12.2. The van der Waals surface area contributed by atoms with Crippen LogP contribution in [0.1, 0.15) is 33.3 Å². The SMILES string of the molecule is CCN(CC)S(=O)(=O)c1cccc(-c2nnc(SCC(=O)/C=C3/N(C)c4ccccc4C3(C)C)n2N)c1. The average molecular weight is 541 g/mol. The minimum Gasteiger partial charge on any atom is -0.347 e. The van der Waals surface area contributed by atoms with E-state index in [1.54, 1.807) is 44.2 Å². The number of nitrogens with two attached hydrogens (primary N) is 1. The Labute approximate surface area is 222 Å². The Bertz CT molecular complexity index is 1460. The van der Waals surface area contributed by atoms with Crippen LogP contribution in [0.2, 0.25) is 0 Å². The summed E-state index contributed by atoms with van der Waals surface area (Å²) in [6, 6.07) is 14.6. The fourth-order valence-electron chi connectivity index (χ4n) is 4.67. The minimum atomic E-state index is -3.63. The van der Waals surface area contributed by atoms with E-state index in [0.717, 1.165) is 11.4 Å². The molecule has 0 saturated heterocycles. The molecule has 2 N–H and O–H groups in total. The van der Waals surface area contributed by atoms with Crippen molar-refractivity contribution < 1.29 is 13.2 Å². The number of aromatic nitrogens is 3. The fraction of sp³-hybridized carbons (Fsp3) is 0.346. The molecule has 3 aromatic rings. The maximum absolute atomic E-state index is 12.9. The first-order valence-electron chi connectivity index (χ1n) is 12.0. The van der Waals surface area contributed by atoms with Crippen LogP contribution in [0.3, 0.4) is 0 Å². The van der Waals surface area contributed by atoms with Gasteiger partial charge in [-0.2, -0.15) is 4.31 Å². The van der Waals surface area contributed by atoms with Crippen molar-refractivity contribution >= 4 is 33.3 Å². The summed E-state index contributed by atoms with van der Waals surface area (Å²) in [5.41, 5.74) is 3.44. The molecule has 1 aliphatic rings. The van der Waals surface area contributed by atoms with Crippen LogP contribution in [0.15, 0.2) is 70.4 Å². The molecule has 2 heterocycles. The Balaban J connectivity index is 1.51. The van der Waals surface area contributed by atoms with Crippen molar-refractivity contribution in [1.29, 1.82) is 0 Å². The molecule has 4 rings (SSSR count). The van der Waals surface area contributed by atoms with Crippen LogP contribution in [0.5, 0.6) is 0 Å². The van der Waals surface area contributed by atoms with E-state index in [9.17, 15) is 13.2 Å². The summed E-state index contributed by atoms with van der Waals surface area (Å²) in [4.78, 5) is 15.1. The van der Waals surface area contributed by atoms with E-state index in [-0.39, 0.29) is 21.8 Å². The zero-order valence-electron chi connectivity index (χ0n) is 21.7. The molecular formula is C26H32N6O3S2. The number of fused-ring (bicyclic) bond motifs is 1. The normalized spacial score (nSPS) is 15.9. The number of anilines is 1. The quantitative estimate of drug-likeness (QED) is 0.248. The predicted octanol–water partition coefficient (Wildman–Crippen LogP) is 3.66. The lowest BCUT2D eigenvalue weighted by atomic mass is 9.83. The van der Waals surface area contributed by atoms with E-state index in [0.29, 0.717) is 29.6 Å². The highest BCUT2D eigenvalue weighted by molar-refractivity contribution is 7.99. The molecule has 196 valence electrons. The Morgan fingerprint density at radius 3 is 2.49 bits per heavy atom. The van der Waals surface area contributed by atoms with Gasteiger partial charge in [0.05, 0.1) is 10.6 Å². The number of allylic oxidation sites excluding steroid dienone is 2. The molecule has 0 bridgehead atoms. The van der Waals surface area contributed by atoms with Gasteiger partial charge in [-0.3, -0.25) is 4.79 Å². The van der Waals surface area contributed by atoms with E-state index >= 15 is 0 Å². The number of carbonyl (C=O) groups excluding carboxylic acids is 1. The summed E-state index contributed by atoms with van der Waals surface area (Å²) in [5.74, 6) is 6.64. The van der Waals surface area contributed by atoms with Gasteiger partial charge in [0.1, 0.15) is 0 Å². The topological polar surface area (TPSA) is 114 Å². The average Bonchev–Trinajstić information content (AvgIpc) is 3.34. The van der Waals surface area contributed by atoms with E-state index in [1.165, 1.54) is 26.3 Å². The molecule has 11 heteroatoms. The number of ketones is 1. The molecule has 37 heavy (non-hydrogen) atoms. The molecule has 0 aliphatic carbocycles. The highest BCUT2D eigenvalue weighted by Crippen LogP contribution is 2.46. The molecule has 0 unspecified atom stereocenters. The van der Waals surface area contributed by atoms with E-state index < -0.39 is 10.0 Å². The molecule has 0 amide bonds. The van der Waals surface area contributed by atoms with Gasteiger partial charge in [-0.25, -0.2) is 13.1 Å². The number of likely N-dealkylation sites (N-methyl/N-ethyl adjacent to an activating group) is 1. The minimum absolute atomic E-state index is 0.0652. The Morgan fingerprint density at radius 1 is 1.11 bits per heavy atom. The van der Waals surface area contributed by atoms with Gasteiger partial charge in [-0.15, -0.1) is 10.2 Å². The number of rotatable bonds is 9. The summed E-state index contributed by atoms with van der Waals surface area (Å²) in [6.07, 6.45) is 1.69. The van der Waals surface area contributed by atoms with Crippen molar-refractivity contribution in [1.82, 2.24) is 19.2 Å². The van der Waals surface area contributed by atoms with Gasteiger partial charge in [-0.05, 0) is 23.8 Å². The standard InChI is InChI=1S/C26H32N6O3S2/c1-6-31(7-2)37(34,35)20-12-10-11-18(15-20)24-28-29-25(32(24)27)36-17-19(33)16-23-26(3,4)21-13-8-9-14-22(21)30(23)5/h8-16H,6-7,17,27H2,1-5H3/b23-16+. The van der Waals surface area contributed by atoms with Crippen LogP contribution >= 0.6 is 11.8 Å². The lowest BCUT2D eigenvalue weighted by molar-refractivity contribution is -0.112. The fourth-order valence-corrected chi connectivity index (χ4v) is 6.85. The number of carbonyl (C=O) groups is 1. The largest absolute Gasteiger partial charge is 0.347 e. The maximum atomic E-state index is 12.9. The smallest absolute Gasteiger partial charge is 0.243 e. The van der Waals surface area contributed by atoms with Gasteiger partial charge in [0.25, 0.3) is 0 Å². The third-order valence-electron chi connectivity index (χ3n) is 6.68. The predicted molar refractivity (Wildman–Crippen MR) is 147 cm³/mol. The second kappa shape index (κ2) is 10.3. The number of sulfonamides is 1. The molecule has 0 saturated carbocycles. The molecule has 0 atom stereocenters. The maximum Gasteiger partial charge on any atom is 0.243 e. The first kappa shape index (κ1) is 26.9. The van der Waals surface area contributed by atoms with E-state index in [2.05, 4.69) is 41.1 Å². The second-order valence-electron chi connectivity index (χ2n) is 9.28. The molecule has 0 fully saturated rings. The Kier molecular flexibility index (Phi) is 7.50. The number of nitrogens with zero attached hydrogens (tertiary/aromatic N) is 5. The molecule has 0 radical (unpaired) electrons. The Morgan fingerprint density at radius 2 is 1.81 bits per heavy atom. The number of benzene rings is 2. The summed E-state index contributed by atoms with van der Waals surface area (Å²) >= 11 is 1.19. The lowest BCUT2D eigenvalue weighted by Gasteiger charge is -2.23. The van der Waals surface area contributed by atoms with Crippen molar-refractivity contribution in [3.05, 3.63) is 65.9 Å². The van der Waals surface area contributed by atoms with Crippen molar-refractivity contribution in [3.63, 3.8) is 0 Å². The van der Waals surface area contributed by atoms with Crippen molar-refractivity contribution in [2.45, 2.75) is 43.2 Å². The lowest BCUT2D eigenvalue weighted by Crippen LogP contribution is -2.30. The molecular weight excluding hydrogens is 508 g/mol. The Hall–Kier alpha value is -3.15. The van der Waals surface area contributed by atoms with Crippen molar-refractivity contribution in [2.24, 2.45) is 0 Å². The molecule has 0 spiro atoms. The van der Waals surface area contributed by atoms with E-state index in [1.807, 2.05) is 19.2 Å². The van der Waals surface area contributed by atoms with Gasteiger partial charge in [-0.1, -0.05) is 69.8 Å². The van der Waals surface area contributed by atoms with Crippen molar-refractivity contribution in [3.8, 4) is 11.4 Å². The van der Waals surface area contributed by atoms with Crippen molar-refractivity contribution in [2.75, 3.05) is 36.6 Å². The van der Waals surface area contributed by atoms with Gasteiger partial charge >= 0.3 is 0 Å². The third kappa shape index (κ3) is 4.90. The van der Waals surface area contributed by atoms with E-state index in [4.69, 9.17) is 5.84 Å². The van der Waals surface area contributed by atoms with Gasteiger partial charge in [0.2, 0.25) is 15.2 Å². The molecule has 9 nitrogen and oxygen atoms in total. The number of hydrogen-bond acceptors (Lipinski definition) is 8. The molecule has 1 aliphatic heterocycles. The van der Waals surface area contributed by atoms with Crippen LogP contribution in [0, 0.1) is 0 Å². The van der Waals surface area contributed by atoms with Crippen LogP contribution in [0.4, 0.5) is 5.69 Å². The van der Waals surface area contributed by atoms with Gasteiger partial charge in [0.15, 0.2) is 11.6 Å². The number of thioether (sulfide) groups is 1. The van der Waals surface area contributed by atoms with Crippen LogP contribution in [-0.4, -0.2) is 59.3 Å². The molecule has 2 aromatic carbocycles. The number of para-hydroxylation sites is 1. The highest BCUT2D eigenvalue weighted by atomic mass is 32.2. The zero-order valence-corrected chi connectivity index (χ0v) is 23.3. The first-order valence-corrected chi connectivity index (χ1v) is 14.5. The zero-order chi connectivity index (χ0) is 27.0. The van der Waals surface area contributed by atoms with Crippen LogP contribution in [0.25, 0.3) is 11.4 Å². The summed E-state index contributed by atoms with van der Waals surface area (Å²) in [6.45, 7) is 8.57.